The fourth-order valence-electron chi connectivity index (χ4n) is 2.01. The van der Waals surface area contributed by atoms with Crippen LogP contribution in [0.4, 0.5) is 0 Å². The molecule has 1 unspecified atom stereocenters. The summed E-state index contributed by atoms with van der Waals surface area (Å²) in [4.78, 5) is 0. The van der Waals surface area contributed by atoms with Crippen LogP contribution in [-0.2, 0) is 0 Å². The first-order chi connectivity index (χ1) is 10.0. The summed E-state index contributed by atoms with van der Waals surface area (Å²) in [5.74, 6) is 1.96. The fourth-order valence-corrected chi connectivity index (χ4v) is 2.24. The van der Waals surface area contributed by atoms with Crippen molar-refractivity contribution < 1.29 is 9.47 Å². The van der Waals surface area contributed by atoms with Crippen molar-refractivity contribution in [3.8, 4) is 17.2 Å². The monoisotopic (exact) mass is 305 g/mol. The summed E-state index contributed by atoms with van der Waals surface area (Å²) in [6.45, 7) is 4.09. The summed E-state index contributed by atoms with van der Waals surface area (Å²) < 4.78 is 11.2. The molecule has 1 N–H and O–H groups in total. The lowest BCUT2D eigenvalue weighted by atomic mass is 10.1. The Labute approximate surface area is 130 Å². The molecule has 0 aliphatic heterocycles. The summed E-state index contributed by atoms with van der Waals surface area (Å²) in [6, 6.07) is 11.8. The van der Waals surface area contributed by atoms with E-state index in [2.05, 4.69) is 12.2 Å². The molecule has 2 aromatic rings. The van der Waals surface area contributed by atoms with Gasteiger partial charge in [0.1, 0.15) is 5.75 Å². The van der Waals surface area contributed by atoms with Crippen molar-refractivity contribution >= 4 is 11.6 Å². The van der Waals surface area contributed by atoms with E-state index in [1.807, 2.05) is 50.4 Å². The van der Waals surface area contributed by atoms with E-state index in [1.165, 1.54) is 0 Å². The highest BCUT2D eigenvalue weighted by molar-refractivity contribution is 6.32. The summed E-state index contributed by atoms with van der Waals surface area (Å²) in [5, 5.41) is 3.76. The third-order valence-electron chi connectivity index (χ3n) is 3.43. The van der Waals surface area contributed by atoms with E-state index in [0.717, 1.165) is 11.1 Å². The van der Waals surface area contributed by atoms with E-state index in [0.29, 0.717) is 22.3 Å². The molecule has 0 spiro atoms. The molecule has 0 aromatic heterocycles. The minimum atomic E-state index is 0.241. The number of hydrogen-bond donors (Lipinski definition) is 1. The van der Waals surface area contributed by atoms with Gasteiger partial charge in [-0.2, -0.15) is 0 Å². The van der Waals surface area contributed by atoms with Crippen LogP contribution in [0.2, 0.25) is 5.02 Å². The Morgan fingerprint density at radius 2 is 1.76 bits per heavy atom. The summed E-state index contributed by atoms with van der Waals surface area (Å²) in [6.07, 6.45) is 0. The molecule has 4 heteroatoms. The van der Waals surface area contributed by atoms with Gasteiger partial charge in [0.05, 0.1) is 12.1 Å². The Balaban J connectivity index is 2.28. The molecule has 112 valence electrons. The van der Waals surface area contributed by atoms with Crippen LogP contribution < -0.4 is 14.8 Å². The average Bonchev–Trinajstić information content (AvgIpc) is 2.49. The molecule has 0 heterocycles. The zero-order chi connectivity index (χ0) is 15.4. The van der Waals surface area contributed by atoms with Crippen molar-refractivity contribution in [2.45, 2.75) is 19.9 Å². The van der Waals surface area contributed by atoms with Gasteiger partial charge >= 0.3 is 0 Å². The van der Waals surface area contributed by atoms with Gasteiger partial charge in [0.15, 0.2) is 11.5 Å². The van der Waals surface area contributed by atoms with Crippen molar-refractivity contribution in [3.05, 3.63) is 52.5 Å². The first-order valence-corrected chi connectivity index (χ1v) is 7.22. The molecule has 0 radical (unpaired) electrons. The first kappa shape index (κ1) is 15.7. The van der Waals surface area contributed by atoms with Crippen LogP contribution in [0.1, 0.15) is 24.1 Å². The molecule has 3 nitrogen and oxygen atoms in total. The Morgan fingerprint density at radius 3 is 2.38 bits per heavy atom. The molecule has 2 rings (SSSR count). The van der Waals surface area contributed by atoms with Gasteiger partial charge in [-0.1, -0.05) is 23.7 Å². The number of hydrogen-bond acceptors (Lipinski definition) is 3. The van der Waals surface area contributed by atoms with Crippen molar-refractivity contribution in [2.24, 2.45) is 0 Å². The van der Waals surface area contributed by atoms with Crippen LogP contribution in [-0.4, -0.2) is 14.2 Å². The Bertz CT molecular complexity index is 628. The van der Waals surface area contributed by atoms with Crippen LogP contribution in [0.5, 0.6) is 17.2 Å². The normalized spacial score (nSPS) is 12.0. The van der Waals surface area contributed by atoms with Crippen molar-refractivity contribution in [3.63, 3.8) is 0 Å². The number of aryl methyl sites for hydroxylation is 1. The Hall–Kier alpha value is -1.71. The maximum atomic E-state index is 6.31. The van der Waals surface area contributed by atoms with E-state index < -0.39 is 0 Å². The standard InChI is InChI=1S/C17H20ClNO2/c1-11-5-7-16(17(9-11)20-4)21-15-8-6-13(10-14(15)18)12(2)19-3/h5-10,12,19H,1-4H3. The Kier molecular flexibility index (Phi) is 5.10. The van der Waals surface area contributed by atoms with Gasteiger partial charge in [0.25, 0.3) is 0 Å². The van der Waals surface area contributed by atoms with Gasteiger partial charge in [0.2, 0.25) is 0 Å². The maximum Gasteiger partial charge on any atom is 0.169 e. The molecule has 0 amide bonds. The van der Waals surface area contributed by atoms with Gasteiger partial charge in [-0.25, -0.2) is 0 Å². The van der Waals surface area contributed by atoms with Gasteiger partial charge < -0.3 is 14.8 Å². The maximum absolute atomic E-state index is 6.31. The van der Waals surface area contributed by atoms with Crippen LogP contribution in [0, 0.1) is 6.92 Å². The van der Waals surface area contributed by atoms with Gasteiger partial charge in [-0.3, -0.25) is 0 Å². The topological polar surface area (TPSA) is 30.5 Å². The lowest BCUT2D eigenvalue weighted by Gasteiger charge is -2.15. The third-order valence-corrected chi connectivity index (χ3v) is 3.72. The van der Waals surface area contributed by atoms with Crippen LogP contribution >= 0.6 is 11.6 Å². The second-order valence-electron chi connectivity index (χ2n) is 4.96. The van der Waals surface area contributed by atoms with E-state index >= 15 is 0 Å². The molecular formula is C17H20ClNO2. The minimum absolute atomic E-state index is 0.241. The zero-order valence-electron chi connectivity index (χ0n) is 12.7. The Morgan fingerprint density at radius 1 is 1.05 bits per heavy atom. The predicted molar refractivity (Wildman–Crippen MR) is 86.7 cm³/mol. The molecule has 0 saturated heterocycles. The average molecular weight is 306 g/mol. The van der Waals surface area contributed by atoms with E-state index in [1.54, 1.807) is 7.11 Å². The second kappa shape index (κ2) is 6.83. The van der Waals surface area contributed by atoms with E-state index in [4.69, 9.17) is 21.1 Å². The lowest BCUT2D eigenvalue weighted by molar-refractivity contribution is 0.378. The number of benzene rings is 2. The van der Waals surface area contributed by atoms with Crippen LogP contribution in [0.3, 0.4) is 0 Å². The molecule has 1 atom stereocenters. The molecule has 2 aromatic carbocycles. The van der Waals surface area contributed by atoms with E-state index in [-0.39, 0.29) is 6.04 Å². The quantitative estimate of drug-likeness (QED) is 0.866. The second-order valence-corrected chi connectivity index (χ2v) is 5.36. The summed E-state index contributed by atoms with van der Waals surface area (Å²) in [7, 11) is 3.54. The lowest BCUT2D eigenvalue weighted by Crippen LogP contribution is -2.12. The summed E-state index contributed by atoms with van der Waals surface area (Å²) >= 11 is 6.31. The predicted octanol–water partition coefficient (Wildman–Crippen LogP) is 4.73. The highest BCUT2D eigenvalue weighted by Crippen LogP contribution is 2.36. The smallest absolute Gasteiger partial charge is 0.169 e. The SMILES string of the molecule is CNC(C)c1ccc(Oc2ccc(C)cc2OC)c(Cl)c1. The molecule has 0 aliphatic carbocycles. The zero-order valence-corrected chi connectivity index (χ0v) is 13.5. The number of halogens is 1. The largest absolute Gasteiger partial charge is 0.493 e. The van der Waals surface area contributed by atoms with Gasteiger partial charge in [-0.15, -0.1) is 0 Å². The molecule has 21 heavy (non-hydrogen) atoms. The molecular weight excluding hydrogens is 286 g/mol. The molecule has 0 fully saturated rings. The highest BCUT2D eigenvalue weighted by Gasteiger charge is 2.11. The van der Waals surface area contributed by atoms with Gasteiger partial charge in [0, 0.05) is 6.04 Å². The number of methoxy groups -OCH3 is 1. The van der Waals surface area contributed by atoms with Crippen molar-refractivity contribution in [1.82, 2.24) is 5.32 Å². The van der Waals surface area contributed by atoms with Crippen LogP contribution in [0.25, 0.3) is 0 Å². The molecule has 0 bridgehead atoms. The molecule has 0 aliphatic rings. The minimum Gasteiger partial charge on any atom is -0.493 e. The van der Waals surface area contributed by atoms with Crippen molar-refractivity contribution in [2.75, 3.05) is 14.2 Å². The fraction of sp³-hybridized carbons (Fsp3) is 0.294. The number of rotatable bonds is 5. The van der Waals surface area contributed by atoms with Crippen molar-refractivity contribution in [1.29, 1.82) is 0 Å². The van der Waals surface area contributed by atoms with Crippen LogP contribution in [0.15, 0.2) is 36.4 Å². The number of ether oxygens (including phenoxy) is 2. The number of nitrogens with one attached hydrogen (secondary N) is 1. The van der Waals surface area contributed by atoms with E-state index in [9.17, 15) is 0 Å². The summed E-state index contributed by atoms with van der Waals surface area (Å²) in [5.41, 5.74) is 2.23. The molecule has 0 saturated carbocycles. The third kappa shape index (κ3) is 3.69. The highest BCUT2D eigenvalue weighted by atomic mass is 35.5. The van der Waals surface area contributed by atoms with Gasteiger partial charge in [-0.05, 0) is 56.3 Å². The first-order valence-electron chi connectivity index (χ1n) is 6.84.